The molecule has 0 aliphatic heterocycles. The molecule has 0 bridgehead atoms. The van der Waals surface area contributed by atoms with Gasteiger partial charge in [0.1, 0.15) is 0 Å². The molecule has 1 saturated carbocycles. The van der Waals surface area contributed by atoms with Gasteiger partial charge in [-0.15, -0.1) is 0 Å². The minimum Gasteiger partial charge on any atom is -0.479 e. The Labute approximate surface area is 132 Å². The zero-order chi connectivity index (χ0) is 14.8. The van der Waals surface area contributed by atoms with E-state index >= 15 is 0 Å². The van der Waals surface area contributed by atoms with Gasteiger partial charge in [-0.3, -0.25) is 0 Å². The van der Waals surface area contributed by atoms with Gasteiger partial charge in [0.25, 0.3) is 0 Å². The highest BCUT2D eigenvalue weighted by molar-refractivity contribution is 9.10. The van der Waals surface area contributed by atoms with E-state index in [-0.39, 0.29) is 0 Å². The molecule has 3 rings (SSSR count). The number of hydrogen-bond acceptors (Lipinski definition) is 2. The van der Waals surface area contributed by atoms with Gasteiger partial charge in [0.15, 0.2) is 6.04 Å². The third-order valence-corrected chi connectivity index (χ3v) is 4.26. The van der Waals surface area contributed by atoms with Crippen LogP contribution in [0.25, 0.3) is 0 Å². The number of nitrogens with one attached hydrogen (secondary N) is 1. The predicted octanol–water partition coefficient (Wildman–Crippen LogP) is 4.56. The molecule has 2 aromatic rings. The number of carbonyl (C=O) groups is 1. The summed E-state index contributed by atoms with van der Waals surface area (Å²) in [6.45, 7) is 0. The van der Waals surface area contributed by atoms with Crippen LogP contribution in [0.2, 0.25) is 0 Å². The second-order valence-corrected chi connectivity index (χ2v) is 6.24. The van der Waals surface area contributed by atoms with Crippen LogP contribution >= 0.6 is 15.9 Å². The van der Waals surface area contributed by atoms with Crippen LogP contribution in [0.5, 0.6) is 0 Å². The third kappa shape index (κ3) is 3.27. The van der Waals surface area contributed by atoms with Crippen molar-refractivity contribution in [3.8, 4) is 0 Å². The lowest BCUT2D eigenvalue weighted by Crippen LogP contribution is -2.21. The van der Waals surface area contributed by atoms with Gasteiger partial charge in [0.2, 0.25) is 0 Å². The summed E-state index contributed by atoms with van der Waals surface area (Å²) in [5.74, 6) is -0.333. The quantitative estimate of drug-likeness (QED) is 0.834. The SMILES string of the molecule is O=C(O)C(Nc1ccc(Br)cc1)c1ccccc1C1CC1. The minimum atomic E-state index is -0.856. The van der Waals surface area contributed by atoms with Gasteiger partial charge in [0, 0.05) is 10.2 Å². The summed E-state index contributed by atoms with van der Waals surface area (Å²) in [6.07, 6.45) is 2.31. The lowest BCUT2D eigenvalue weighted by molar-refractivity contribution is -0.138. The van der Waals surface area contributed by atoms with Crippen molar-refractivity contribution in [2.45, 2.75) is 24.8 Å². The van der Waals surface area contributed by atoms with Crippen LogP contribution in [0.1, 0.15) is 35.9 Å². The summed E-state index contributed by atoms with van der Waals surface area (Å²) in [5.41, 5.74) is 2.83. The van der Waals surface area contributed by atoms with Crippen molar-refractivity contribution in [3.05, 3.63) is 64.1 Å². The molecule has 1 aliphatic carbocycles. The van der Waals surface area contributed by atoms with Crippen LogP contribution in [-0.4, -0.2) is 11.1 Å². The van der Waals surface area contributed by atoms with Crippen molar-refractivity contribution in [2.75, 3.05) is 5.32 Å². The van der Waals surface area contributed by atoms with E-state index in [0.29, 0.717) is 5.92 Å². The molecular formula is C17H16BrNO2. The molecule has 1 fully saturated rings. The summed E-state index contributed by atoms with van der Waals surface area (Å²) < 4.78 is 0.971. The fourth-order valence-corrected chi connectivity index (χ4v) is 2.79. The number of anilines is 1. The summed E-state index contributed by atoms with van der Waals surface area (Å²) in [7, 11) is 0. The molecule has 21 heavy (non-hydrogen) atoms. The largest absolute Gasteiger partial charge is 0.479 e. The van der Waals surface area contributed by atoms with Gasteiger partial charge in [0.05, 0.1) is 0 Å². The van der Waals surface area contributed by atoms with E-state index in [2.05, 4.69) is 21.2 Å². The van der Waals surface area contributed by atoms with Gasteiger partial charge in [-0.2, -0.15) is 0 Å². The van der Waals surface area contributed by atoms with Crippen LogP contribution in [0.4, 0.5) is 5.69 Å². The standard InChI is InChI=1S/C17H16BrNO2/c18-12-7-9-13(10-8-12)19-16(17(20)21)15-4-2-1-3-14(15)11-5-6-11/h1-4,7-11,16,19H,5-6H2,(H,20,21). The number of halogens is 1. The first-order valence-corrected chi connectivity index (χ1v) is 7.78. The second kappa shape index (κ2) is 5.90. The second-order valence-electron chi connectivity index (χ2n) is 5.33. The molecule has 0 amide bonds. The molecule has 0 spiro atoms. The molecule has 4 heteroatoms. The maximum Gasteiger partial charge on any atom is 0.330 e. The number of carboxylic acid groups (broad SMARTS) is 1. The van der Waals surface area contributed by atoms with Gasteiger partial charge in [-0.1, -0.05) is 40.2 Å². The monoisotopic (exact) mass is 345 g/mol. The first-order chi connectivity index (χ1) is 10.1. The van der Waals surface area contributed by atoms with Crippen molar-refractivity contribution in [2.24, 2.45) is 0 Å². The molecule has 2 aromatic carbocycles. The minimum absolute atomic E-state index is 0.523. The lowest BCUT2D eigenvalue weighted by atomic mass is 9.97. The Morgan fingerprint density at radius 2 is 1.81 bits per heavy atom. The van der Waals surface area contributed by atoms with E-state index < -0.39 is 12.0 Å². The van der Waals surface area contributed by atoms with E-state index in [4.69, 9.17) is 0 Å². The van der Waals surface area contributed by atoms with Gasteiger partial charge < -0.3 is 10.4 Å². The number of hydrogen-bond donors (Lipinski definition) is 2. The van der Waals surface area contributed by atoms with E-state index in [1.165, 1.54) is 0 Å². The topological polar surface area (TPSA) is 49.3 Å². The molecule has 0 heterocycles. The summed E-state index contributed by atoms with van der Waals surface area (Å²) >= 11 is 3.38. The van der Waals surface area contributed by atoms with Crippen LogP contribution in [0.3, 0.4) is 0 Å². The predicted molar refractivity (Wildman–Crippen MR) is 86.6 cm³/mol. The van der Waals surface area contributed by atoms with E-state index in [0.717, 1.165) is 34.1 Å². The van der Waals surface area contributed by atoms with Crippen molar-refractivity contribution in [1.29, 1.82) is 0 Å². The molecule has 0 saturated heterocycles. The van der Waals surface area contributed by atoms with Crippen LogP contribution in [-0.2, 0) is 4.79 Å². The van der Waals surface area contributed by atoms with Crippen LogP contribution in [0, 0.1) is 0 Å². The molecular weight excluding hydrogens is 330 g/mol. The average molecular weight is 346 g/mol. The number of benzene rings is 2. The van der Waals surface area contributed by atoms with Gasteiger partial charge >= 0.3 is 5.97 Å². The summed E-state index contributed by atoms with van der Waals surface area (Å²) in [5, 5.41) is 12.7. The molecule has 108 valence electrons. The fraction of sp³-hybridized carbons (Fsp3) is 0.235. The van der Waals surface area contributed by atoms with Crippen LogP contribution < -0.4 is 5.32 Å². The third-order valence-electron chi connectivity index (χ3n) is 3.73. The van der Waals surface area contributed by atoms with Crippen molar-refractivity contribution < 1.29 is 9.90 Å². The zero-order valence-electron chi connectivity index (χ0n) is 11.4. The van der Waals surface area contributed by atoms with Crippen molar-refractivity contribution >= 4 is 27.6 Å². The fourth-order valence-electron chi connectivity index (χ4n) is 2.53. The Bertz CT molecular complexity index is 650. The molecule has 3 nitrogen and oxygen atoms in total. The Balaban J connectivity index is 1.91. The molecule has 2 N–H and O–H groups in total. The van der Waals surface area contributed by atoms with Gasteiger partial charge in [-0.05, 0) is 54.2 Å². The Morgan fingerprint density at radius 1 is 1.14 bits per heavy atom. The van der Waals surface area contributed by atoms with E-state index in [1.54, 1.807) is 0 Å². The highest BCUT2D eigenvalue weighted by Crippen LogP contribution is 2.43. The summed E-state index contributed by atoms with van der Waals surface area (Å²) in [6, 6.07) is 14.7. The molecule has 0 aromatic heterocycles. The van der Waals surface area contributed by atoms with Crippen LogP contribution in [0.15, 0.2) is 53.0 Å². The molecule has 1 unspecified atom stereocenters. The first kappa shape index (κ1) is 14.1. The Hall–Kier alpha value is -1.81. The smallest absolute Gasteiger partial charge is 0.330 e. The maximum atomic E-state index is 11.7. The van der Waals surface area contributed by atoms with Crippen molar-refractivity contribution in [3.63, 3.8) is 0 Å². The average Bonchev–Trinajstić information content (AvgIpc) is 3.31. The molecule has 1 atom stereocenters. The van der Waals surface area contributed by atoms with Crippen molar-refractivity contribution in [1.82, 2.24) is 0 Å². The zero-order valence-corrected chi connectivity index (χ0v) is 13.0. The highest BCUT2D eigenvalue weighted by atomic mass is 79.9. The number of rotatable bonds is 5. The number of aliphatic carboxylic acids is 1. The van der Waals surface area contributed by atoms with Gasteiger partial charge in [-0.25, -0.2) is 4.79 Å². The highest BCUT2D eigenvalue weighted by Gasteiger charge is 2.30. The Kier molecular flexibility index (Phi) is 3.97. The molecule has 1 aliphatic rings. The number of carboxylic acids is 1. The summed E-state index contributed by atoms with van der Waals surface area (Å²) in [4.78, 5) is 11.7. The van der Waals surface area contributed by atoms with E-state index in [1.807, 2.05) is 48.5 Å². The maximum absolute atomic E-state index is 11.7. The first-order valence-electron chi connectivity index (χ1n) is 6.99. The lowest BCUT2D eigenvalue weighted by Gasteiger charge is -2.19. The van der Waals surface area contributed by atoms with E-state index in [9.17, 15) is 9.90 Å². The molecule has 0 radical (unpaired) electrons. The Morgan fingerprint density at radius 3 is 2.43 bits per heavy atom. The normalized spacial score (nSPS) is 15.5.